The summed E-state index contributed by atoms with van der Waals surface area (Å²) in [5, 5.41) is 0. The van der Waals surface area contributed by atoms with Crippen molar-refractivity contribution in [3.05, 3.63) is 30.1 Å². The van der Waals surface area contributed by atoms with Crippen molar-refractivity contribution in [1.82, 2.24) is 9.88 Å². The van der Waals surface area contributed by atoms with Crippen molar-refractivity contribution in [3.63, 3.8) is 0 Å². The third kappa shape index (κ3) is 2.55. The van der Waals surface area contributed by atoms with E-state index in [0.717, 1.165) is 32.4 Å². The first-order valence-corrected chi connectivity index (χ1v) is 7.08. The molecule has 1 aromatic rings. The fourth-order valence-corrected chi connectivity index (χ4v) is 3.10. The second-order valence-electron chi connectivity index (χ2n) is 5.58. The van der Waals surface area contributed by atoms with Crippen LogP contribution in [0.3, 0.4) is 0 Å². The molecule has 3 rings (SSSR count). The topological polar surface area (TPSA) is 51.7 Å². The number of nitrogens with zero attached hydrogens (tertiary/aromatic N) is 2. The maximum atomic E-state index is 12.4. The molecule has 0 aromatic carbocycles. The van der Waals surface area contributed by atoms with E-state index in [2.05, 4.69) is 4.98 Å². The molecule has 5 nitrogen and oxygen atoms in total. The molecule has 1 atom stereocenters. The molecule has 1 aromatic heterocycles. The van der Waals surface area contributed by atoms with Gasteiger partial charge in [-0.3, -0.25) is 9.78 Å². The second kappa shape index (κ2) is 5.50. The Kier molecular flexibility index (Phi) is 3.72. The van der Waals surface area contributed by atoms with Gasteiger partial charge in [-0.25, -0.2) is 0 Å². The number of hydrogen-bond acceptors (Lipinski definition) is 4. The summed E-state index contributed by atoms with van der Waals surface area (Å²) in [6, 6.07) is 3.53. The molecular formula is C15H20N2O3. The van der Waals surface area contributed by atoms with Crippen molar-refractivity contribution in [2.24, 2.45) is 0 Å². The first-order chi connectivity index (χ1) is 9.72. The van der Waals surface area contributed by atoms with Gasteiger partial charge < -0.3 is 14.4 Å². The lowest BCUT2D eigenvalue weighted by Crippen LogP contribution is -2.46. The number of likely N-dealkylation sites (tertiary alicyclic amines) is 1. The van der Waals surface area contributed by atoms with E-state index in [1.54, 1.807) is 31.6 Å². The minimum Gasteiger partial charge on any atom is -0.379 e. The molecule has 2 aliphatic heterocycles. The van der Waals surface area contributed by atoms with E-state index in [-0.39, 0.29) is 17.6 Å². The van der Waals surface area contributed by atoms with Crippen molar-refractivity contribution in [1.29, 1.82) is 0 Å². The first kappa shape index (κ1) is 13.5. The third-order valence-electron chi connectivity index (χ3n) is 4.40. The summed E-state index contributed by atoms with van der Waals surface area (Å²) < 4.78 is 11.3. The van der Waals surface area contributed by atoms with Crippen LogP contribution in [0.15, 0.2) is 24.5 Å². The van der Waals surface area contributed by atoms with Gasteiger partial charge in [0, 0.05) is 44.6 Å². The normalized spacial score (nSPS) is 25.1. The van der Waals surface area contributed by atoms with Crippen LogP contribution in [-0.4, -0.2) is 54.3 Å². The predicted molar refractivity (Wildman–Crippen MR) is 73.5 cm³/mol. The van der Waals surface area contributed by atoms with E-state index in [1.807, 2.05) is 4.90 Å². The van der Waals surface area contributed by atoms with E-state index in [4.69, 9.17) is 9.47 Å². The Bertz CT molecular complexity index is 469. The molecule has 0 unspecified atom stereocenters. The van der Waals surface area contributed by atoms with Crippen LogP contribution in [-0.2, 0) is 9.47 Å². The first-order valence-electron chi connectivity index (χ1n) is 7.08. The minimum absolute atomic E-state index is 0.0737. The summed E-state index contributed by atoms with van der Waals surface area (Å²) in [6.45, 7) is 2.17. The fourth-order valence-electron chi connectivity index (χ4n) is 3.10. The molecule has 5 heteroatoms. The molecule has 2 aliphatic rings. The number of carbonyl (C=O) groups excluding carboxylic acids is 1. The van der Waals surface area contributed by atoms with Crippen LogP contribution in [0.4, 0.5) is 0 Å². The average molecular weight is 276 g/mol. The quantitative estimate of drug-likeness (QED) is 0.821. The highest BCUT2D eigenvalue weighted by Crippen LogP contribution is 2.37. The standard InChI is InChI=1S/C15H20N2O3/c1-19-13-10-15(20-11-13)4-8-17(9-5-15)14(18)12-2-6-16-7-3-12/h2-3,6-7,13H,4-5,8-11H2,1H3/t13-/m0/s1. The van der Waals surface area contributed by atoms with Crippen LogP contribution >= 0.6 is 0 Å². The van der Waals surface area contributed by atoms with Crippen molar-refractivity contribution in [2.45, 2.75) is 31.0 Å². The van der Waals surface area contributed by atoms with Gasteiger partial charge in [-0.15, -0.1) is 0 Å². The average Bonchev–Trinajstić information content (AvgIpc) is 2.91. The molecule has 0 bridgehead atoms. The van der Waals surface area contributed by atoms with Gasteiger partial charge in [-0.2, -0.15) is 0 Å². The van der Waals surface area contributed by atoms with Crippen molar-refractivity contribution >= 4 is 5.91 Å². The Hall–Kier alpha value is -1.46. The number of aromatic nitrogens is 1. The summed E-state index contributed by atoms with van der Waals surface area (Å²) >= 11 is 0. The number of amides is 1. The van der Waals surface area contributed by atoms with Crippen LogP contribution in [0.2, 0.25) is 0 Å². The number of rotatable bonds is 2. The van der Waals surface area contributed by atoms with Crippen LogP contribution in [0, 0.1) is 0 Å². The van der Waals surface area contributed by atoms with Gasteiger partial charge in [0.05, 0.1) is 18.3 Å². The maximum Gasteiger partial charge on any atom is 0.253 e. The van der Waals surface area contributed by atoms with E-state index in [9.17, 15) is 4.79 Å². The summed E-state index contributed by atoms with van der Waals surface area (Å²) in [5.41, 5.74) is 0.633. The van der Waals surface area contributed by atoms with E-state index >= 15 is 0 Å². The molecule has 2 fully saturated rings. The zero-order valence-corrected chi connectivity index (χ0v) is 11.7. The summed E-state index contributed by atoms with van der Waals surface area (Å²) in [5.74, 6) is 0.0866. The van der Waals surface area contributed by atoms with Crippen LogP contribution < -0.4 is 0 Å². The molecule has 0 saturated carbocycles. The molecule has 0 radical (unpaired) electrons. The zero-order valence-electron chi connectivity index (χ0n) is 11.7. The van der Waals surface area contributed by atoms with Gasteiger partial charge in [0.15, 0.2) is 0 Å². The highest BCUT2D eigenvalue weighted by Gasteiger charge is 2.43. The lowest BCUT2D eigenvalue weighted by molar-refractivity contribution is -0.0402. The SMILES string of the molecule is CO[C@@H]1COC2(CCN(C(=O)c3ccncc3)CC2)C1. The largest absolute Gasteiger partial charge is 0.379 e. The Balaban J connectivity index is 1.60. The van der Waals surface area contributed by atoms with Gasteiger partial charge in [0.1, 0.15) is 0 Å². The van der Waals surface area contributed by atoms with Crippen LogP contribution in [0.25, 0.3) is 0 Å². The van der Waals surface area contributed by atoms with Crippen LogP contribution in [0.1, 0.15) is 29.6 Å². The zero-order chi connectivity index (χ0) is 14.0. The van der Waals surface area contributed by atoms with Gasteiger partial charge in [0.2, 0.25) is 0 Å². The van der Waals surface area contributed by atoms with Crippen molar-refractivity contribution < 1.29 is 14.3 Å². The van der Waals surface area contributed by atoms with Gasteiger partial charge in [-0.1, -0.05) is 0 Å². The Morgan fingerprint density at radius 1 is 1.40 bits per heavy atom. The second-order valence-corrected chi connectivity index (χ2v) is 5.58. The van der Waals surface area contributed by atoms with E-state index in [0.29, 0.717) is 12.2 Å². The lowest BCUT2D eigenvalue weighted by atomic mass is 9.88. The lowest BCUT2D eigenvalue weighted by Gasteiger charge is -2.38. The van der Waals surface area contributed by atoms with Crippen molar-refractivity contribution in [2.75, 3.05) is 26.8 Å². The molecule has 3 heterocycles. The fraction of sp³-hybridized carbons (Fsp3) is 0.600. The Labute approximate surface area is 118 Å². The monoisotopic (exact) mass is 276 g/mol. The Morgan fingerprint density at radius 2 is 2.10 bits per heavy atom. The molecule has 0 N–H and O–H groups in total. The minimum atomic E-state index is -0.0737. The van der Waals surface area contributed by atoms with E-state index in [1.165, 1.54) is 0 Å². The molecule has 2 saturated heterocycles. The van der Waals surface area contributed by atoms with Gasteiger partial charge in [-0.05, 0) is 25.0 Å². The van der Waals surface area contributed by atoms with Crippen LogP contribution in [0.5, 0.6) is 0 Å². The van der Waals surface area contributed by atoms with Gasteiger partial charge >= 0.3 is 0 Å². The highest BCUT2D eigenvalue weighted by molar-refractivity contribution is 5.94. The number of pyridine rings is 1. The molecule has 1 spiro atoms. The maximum absolute atomic E-state index is 12.4. The number of carbonyl (C=O) groups is 1. The molecule has 20 heavy (non-hydrogen) atoms. The van der Waals surface area contributed by atoms with Gasteiger partial charge in [0.25, 0.3) is 5.91 Å². The number of methoxy groups -OCH3 is 1. The number of piperidine rings is 1. The molecular weight excluding hydrogens is 256 g/mol. The summed E-state index contributed by atoms with van der Waals surface area (Å²) in [4.78, 5) is 18.2. The number of ether oxygens (including phenoxy) is 2. The number of hydrogen-bond donors (Lipinski definition) is 0. The predicted octanol–water partition coefficient (Wildman–Crippen LogP) is 1.49. The smallest absolute Gasteiger partial charge is 0.253 e. The highest BCUT2D eigenvalue weighted by atomic mass is 16.6. The summed E-state index contributed by atoms with van der Waals surface area (Å²) in [6.07, 6.45) is 6.25. The molecule has 108 valence electrons. The molecule has 0 aliphatic carbocycles. The van der Waals surface area contributed by atoms with E-state index < -0.39 is 0 Å². The molecule has 1 amide bonds. The Morgan fingerprint density at radius 3 is 2.70 bits per heavy atom. The summed E-state index contributed by atoms with van der Waals surface area (Å²) in [7, 11) is 1.73. The van der Waals surface area contributed by atoms with Crippen molar-refractivity contribution in [3.8, 4) is 0 Å². The third-order valence-corrected chi connectivity index (χ3v) is 4.40.